The minimum Gasteiger partial charge on any atom is -0.493 e. The molecule has 24 heavy (non-hydrogen) atoms. The summed E-state index contributed by atoms with van der Waals surface area (Å²) in [5, 5.41) is 6.68. The van der Waals surface area contributed by atoms with E-state index in [0.717, 1.165) is 11.4 Å². The van der Waals surface area contributed by atoms with E-state index in [1.54, 1.807) is 18.2 Å². The average molecular weight is 367 g/mol. The molecule has 0 unspecified atom stereocenters. The highest BCUT2D eigenvalue weighted by atomic mass is 35.5. The van der Waals surface area contributed by atoms with Gasteiger partial charge in [-0.15, -0.1) is 0 Å². The van der Waals surface area contributed by atoms with E-state index in [0.29, 0.717) is 28.3 Å². The van der Waals surface area contributed by atoms with Crippen LogP contribution in [-0.2, 0) is 4.79 Å². The Kier molecular flexibility index (Phi) is 6.76. The first-order chi connectivity index (χ1) is 11.4. The van der Waals surface area contributed by atoms with Crippen LogP contribution in [-0.4, -0.2) is 19.1 Å². The lowest BCUT2D eigenvalue weighted by atomic mass is 10.2. The van der Waals surface area contributed by atoms with Gasteiger partial charge in [-0.1, -0.05) is 43.1 Å². The molecule has 0 aromatic heterocycles. The third-order valence-electron chi connectivity index (χ3n) is 3.07. The largest absolute Gasteiger partial charge is 0.493 e. The van der Waals surface area contributed by atoms with Gasteiger partial charge in [0.1, 0.15) is 5.75 Å². The molecule has 2 rings (SSSR count). The van der Waals surface area contributed by atoms with Gasteiger partial charge in [0, 0.05) is 17.4 Å². The molecule has 0 heterocycles. The van der Waals surface area contributed by atoms with Gasteiger partial charge < -0.3 is 15.4 Å². The molecule has 0 aliphatic heterocycles. The molecule has 0 saturated carbocycles. The Morgan fingerprint density at radius 1 is 1.08 bits per heavy atom. The van der Waals surface area contributed by atoms with Gasteiger partial charge >= 0.3 is 0 Å². The molecule has 128 valence electrons. The highest BCUT2D eigenvalue weighted by Gasteiger charge is 2.05. The van der Waals surface area contributed by atoms with Crippen molar-refractivity contribution in [2.24, 2.45) is 5.92 Å². The van der Waals surface area contributed by atoms with Crippen molar-refractivity contribution in [2.75, 3.05) is 23.8 Å². The molecule has 6 heteroatoms. The Labute approximate surface area is 152 Å². The third kappa shape index (κ3) is 5.95. The van der Waals surface area contributed by atoms with E-state index in [2.05, 4.69) is 24.5 Å². The summed E-state index contributed by atoms with van der Waals surface area (Å²) in [6, 6.07) is 12.5. The summed E-state index contributed by atoms with van der Waals surface area (Å²) in [6.45, 7) is 4.97. The lowest BCUT2D eigenvalue weighted by Crippen LogP contribution is -2.21. The molecular formula is C18H20Cl2N2O2. The van der Waals surface area contributed by atoms with Crippen molar-refractivity contribution in [2.45, 2.75) is 13.8 Å². The van der Waals surface area contributed by atoms with Crippen molar-refractivity contribution in [3.05, 3.63) is 52.5 Å². The summed E-state index contributed by atoms with van der Waals surface area (Å²) in [4.78, 5) is 12.0. The zero-order valence-electron chi connectivity index (χ0n) is 13.6. The van der Waals surface area contributed by atoms with Gasteiger partial charge in [0.2, 0.25) is 5.91 Å². The molecule has 0 spiro atoms. The maximum atomic E-state index is 12.0. The van der Waals surface area contributed by atoms with Crippen LogP contribution in [0.15, 0.2) is 42.5 Å². The summed E-state index contributed by atoms with van der Waals surface area (Å²) in [6.07, 6.45) is 0. The smallest absolute Gasteiger partial charge is 0.243 e. The van der Waals surface area contributed by atoms with Crippen LogP contribution in [0, 0.1) is 5.92 Å². The number of hydrogen-bond donors (Lipinski definition) is 2. The fraction of sp³-hybridized carbons (Fsp3) is 0.278. The number of nitrogens with one attached hydrogen (secondary N) is 2. The number of rotatable bonds is 7. The van der Waals surface area contributed by atoms with Crippen molar-refractivity contribution < 1.29 is 9.53 Å². The Balaban J connectivity index is 1.87. The van der Waals surface area contributed by atoms with Crippen molar-refractivity contribution in [3.8, 4) is 5.75 Å². The van der Waals surface area contributed by atoms with Gasteiger partial charge in [-0.2, -0.15) is 0 Å². The lowest BCUT2D eigenvalue weighted by molar-refractivity contribution is -0.114. The number of anilines is 2. The SMILES string of the molecule is CC(C)COc1cccc(NCC(=O)Nc2ccc(Cl)c(Cl)c2)c1. The van der Waals surface area contributed by atoms with Gasteiger partial charge in [-0.3, -0.25) is 4.79 Å². The van der Waals surface area contributed by atoms with E-state index in [9.17, 15) is 4.79 Å². The molecule has 1 amide bonds. The normalized spacial score (nSPS) is 10.5. The molecule has 0 fully saturated rings. The second-order valence-corrected chi connectivity index (χ2v) is 6.58. The fourth-order valence-electron chi connectivity index (χ4n) is 1.92. The monoisotopic (exact) mass is 366 g/mol. The van der Waals surface area contributed by atoms with Gasteiger partial charge in [0.15, 0.2) is 0 Å². The van der Waals surface area contributed by atoms with Crippen LogP contribution in [0.4, 0.5) is 11.4 Å². The quantitative estimate of drug-likeness (QED) is 0.718. The standard InChI is InChI=1S/C18H20Cl2N2O2/c1-12(2)11-24-15-5-3-4-13(8-15)21-10-18(23)22-14-6-7-16(19)17(20)9-14/h3-9,12,21H,10-11H2,1-2H3,(H,22,23). The molecule has 2 aromatic carbocycles. The van der Waals surface area contributed by atoms with Crippen LogP contribution in [0.25, 0.3) is 0 Å². The van der Waals surface area contributed by atoms with E-state index in [1.165, 1.54) is 0 Å². The molecule has 0 bridgehead atoms. The van der Waals surface area contributed by atoms with Crippen LogP contribution >= 0.6 is 23.2 Å². The summed E-state index contributed by atoms with van der Waals surface area (Å²) in [5.41, 5.74) is 1.42. The predicted molar refractivity (Wildman–Crippen MR) is 100 cm³/mol. The number of hydrogen-bond acceptors (Lipinski definition) is 3. The number of carbonyl (C=O) groups is 1. The Morgan fingerprint density at radius 3 is 2.58 bits per heavy atom. The molecule has 4 nitrogen and oxygen atoms in total. The molecule has 0 aliphatic rings. The molecular weight excluding hydrogens is 347 g/mol. The summed E-state index contributed by atoms with van der Waals surface area (Å²) < 4.78 is 5.67. The fourth-order valence-corrected chi connectivity index (χ4v) is 2.22. The molecule has 0 radical (unpaired) electrons. The molecule has 2 N–H and O–H groups in total. The van der Waals surface area contributed by atoms with Crippen LogP contribution in [0.2, 0.25) is 10.0 Å². The first kappa shape index (κ1) is 18.4. The average Bonchev–Trinajstić information content (AvgIpc) is 2.55. The number of ether oxygens (including phenoxy) is 1. The summed E-state index contributed by atoms with van der Waals surface area (Å²) in [5.74, 6) is 1.05. The first-order valence-electron chi connectivity index (χ1n) is 7.65. The molecule has 0 saturated heterocycles. The number of carbonyl (C=O) groups excluding carboxylic acids is 1. The van der Waals surface area contributed by atoms with Crippen LogP contribution < -0.4 is 15.4 Å². The van der Waals surface area contributed by atoms with Crippen molar-refractivity contribution in [1.29, 1.82) is 0 Å². The number of halogens is 2. The van der Waals surface area contributed by atoms with Crippen molar-refractivity contribution in [3.63, 3.8) is 0 Å². The Bertz CT molecular complexity index is 705. The Hall–Kier alpha value is -1.91. The second kappa shape index (κ2) is 8.81. The van der Waals surface area contributed by atoms with E-state index in [-0.39, 0.29) is 12.5 Å². The zero-order chi connectivity index (χ0) is 17.5. The van der Waals surface area contributed by atoms with Gasteiger partial charge in [-0.25, -0.2) is 0 Å². The topological polar surface area (TPSA) is 50.4 Å². The van der Waals surface area contributed by atoms with E-state index in [1.807, 2.05) is 24.3 Å². The second-order valence-electron chi connectivity index (χ2n) is 5.76. The Morgan fingerprint density at radius 2 is 1.88 bits per heavy atom. The minimum absolute atomic E-state index is 0.133. The molecule has 2 aromatic rings. The van der Waals surface area contributed by atoms with Crippen LogP contribution in [0.1, 0.15) is 13.8 Å². The third-order valence-corrected chi connectivity index (χ3v) is 3.81. The van der Waals surface area contributed by atoms with Gasteiger partial charge in [0.05, 0.1) is 23.2 Å². The van der Waals surface area contributed by atoms with Crippen LogP contribution in [0.3, 0.4) is 0 Å². The van der Waals surface area contributed by atoms with E-state index in [4.69, 9.17) is 27.9 Å². The number of benzene rings is 2. The maximum Gasteiger partial charge on any atom is 0.243 e. The van der Waals surface area contributed by atoms with Gasteiger partial charge in [-0.05, 0) is 36.2 Å². The minimum atomic E-state index is -0.179. The predicted octanol–water partition coefficient (Wildman–Crippen LogP) is 5.08. The lowest BCUT2D eigenvalue weighted by Gasteiger charge is -2.11. The maximum absolute atomic E-state index is 12.0. The highest BCUT2D eigenvalue weighted by Crippen LogP contribution is 2.25. The molecule has 0 atom stereocenters. The van der Waals surface area contributed by atoms with Crippen molar-refractivity contribution in [1.82, 2.24) is 0 Å². The van der Waals surface area contributed by atoms with E-state index >= 15 is 0 Å². The summed E-state index contributed by atoms with van der Waals surface area (Å²) >= 11 is 11.8. The number of amides is 1. The zero-order valence-corrected chi connectivity index (χ0v) is 15.1. The highest BCUT2D eigenvalue weighted by molar-refractivity contribution is 6.42. The van der Waals surface area contributed by atoms with Crippen molar-refractivity contribution >= 4 is 40.5 Å². The van der Waals surface area contributed by atoms with E-state index < -0.39 is 0 Å². The molecule has 0 aliphatic carbocycles. The first-order valence-corrected chi connectivity index (χ1v) is 8.41. The van der Waals surface area contributed by atoms with Crippen LogP contribution in [0.5, 0.6) is 5.75 Å². The summed E-state index contributed by atoms with van der Waals surface area (Å²) in [7, 11) is 0. The van der Waals surface area contributed by atoms with Gasteiger partial charge in [0.25, 0.3) is 0 Å².